The summed E-state index contributed by atoms with van der Waals surface area (Å²) in [4.78, 5) is 0. The second-order valence-corrected chi connectivity index (χ2v) is 12.2. The summed E-state index contributed by atoms with van der Waals surface area (Å²) in [5.41, 5.74) is 3.49. The summed E-state index contributed by atoms with van der Waals surface area (Å²) >= 11 is 0. The molecule has 1 heteroatoms. The molecule has 0 N–H and O–H groups in total. The average molecular weight is 359 g/mol. The second-order valence-electron chi connectivity index (χ2n) is 9.51. The average Bonchev–Trinajstić information content (AvgIpc) is 2.57. The molecule has 0 heterocycles. The highest BCUT2D eigenvalue weighted by atomic mass is 31.1. The Labute approximate surface area is 157 Å². The van der Waals surface area contributed by atoms with Crippen molar-refractivity contribution in [1.82, 2.24) is 0 Å². The monoisotopic (exact) mass is 358 g/mol. The molecule has 2 fully saturated rings. The normalized spacial score (nSPS) is 34.9. The van der Waals surface area contributed by atoms with E-state index in [-0.39, 0.29) is 7.92 Å². The maximum atomic E-state index is 2.51. The Hall–Kier alpha value is -0.350. The Bertz CT molecular complexity index is 549. The number of hydrogen-bond acceptors (Lipinski definition) is 0. The highest BCUT2D eigenvalue weighted by molar-refractivity contribution is 7.67. The predicted molar refractivity (Wildman–Crippen MR) is 114 cm³/mol. The van der Waals surface area contributed by atoms with Crippen molar-refractivity contribution in [2.75, 3.05) is 0 Å². The minimum Gasteiger partial charge on any atom is -0.0684 e. The lowest BCUT2D eigenvalue weighted by atomic mass is 9.77. The van der Waals surface area contributed by atoms with Crippen LogP contribution in [0.2, 0.25) is 0 Å². The first-order valence-electron chi connectivity index (χ1n) is 10.8. The largest absolute Gasteiger partial charge is 0.0684 e. The van der Waals surface area contributed by atoms with E-state index in [9.17, 15) is 0 Å². The van der Waals surface area contributed by atoms with Crippen LogP contribution in [0.15, 0.2) is 24.3 Å². The van der Waals surface area contributed by atoms with Gasteiger partial charge in [-0.1, -0.05) is 79.1 Å². The van der Waals surface area contributed by atoms with Gasteiger partial charge in [0.15, 0.2) is 0 Å². The van der Waals surface area contributed by atoms with Gasteiger partial charge in [-0.15, -0.1) is 0 Å². The van der Waals surface area contributed by atoms with Gasteiger partial charge in [-0.3, -0.25) is 0 Å². The molecule has 0 aliphatic heterocycles. The molecule has 3 rings (SSSR count). The van der Waals surface area contributed by atoms with Crippen LogP contribution in [0.5, 0.6) is 0 Å². The number of aryl methyl sites for hydroxylation is 1. The zero-order chi connectivity index (χ0) is 18.0. The molecule has 0 aromatic heterocycles. The van der Waals surface area contributed by atoms with Crippen molar-refractivity contribution < 1.29 is 0 Å². The lowest BCUT2D eigenvalue weighted by Gasteiger charge is -2.47. The third-order valence-corrected chi connectivity index (χ3v) is 10.7. The van der Waals surface area contributed by atoms with E-state index < -0.39 is 0 Å². The highest BCUT2D eigenvalue weighted by Crippen LogP contribution is 2.59. The number of rotatable bonds is 4. The number of benzene rings is 1. The van der Waals surface area contributed by atoms with Gasteiger partial charge in [-0.2, -0.15) is 0 Å². The Morgan fingerprint density at radius 1 is 0.920 bits per heavy atom. The minimum absolute atomic E-state index is 0.0379. The van der Waals surface area contributed by atoms with Gasteiger partial charge in [0.25, 0.3) is 0 Å². The van der Waals surface area contributed by atoms with E-state index in [1.807, 2.05) is 0 Å². The van der Waals surface area contributed by atoms with Crippen LogP contribution in [-0.2, 0) is 0 Å². The molecule has 6 atom stereocenters. The van der Waals surface area contributed by atoms with Gasteiger partial charge in [-0.05, 0) is 78.5 Å². The summed E-state index contributed by atoms with van der Waals surface area (Å²) in [6, 6.07) is 9.41. The van der Waals surface area contributed by atoms with Gasteiger partial charge in [0.2, 0.25) is 0 Å². The summed E-state index contributed by atoms with van der Waals surface area (Å²) in [6.45, 7) is 12.4. The van der Waals surface area contributed by atoms with Crippen LogP contribution in [0.4, 0.5) is 0 Å². The van der Waals surface area contributed by atoms with Crippen LogP contribution in [0, 0.1) is 30.6 Å². The molecule has 0 saturated heterocycles. The molecule has 2 saturated carbocycles. The second kappa shape index (κ2) is 8.56. The fraction of sp³-hybridized carbons (Fsp3) is 0.750. The topological polar surface area (TPSA) is 0 Å². The van der Waals surface area contributed by atoms with Crippen LogP contribution in [0.3, 0.4) is 0 Å². The van der Waals surface area contributed by atoms with Gasteiger partial charge in [0.1, 0.15) is 0 Å². The van der Waals surface area contributed by atoms with Gasteiger partial charge in [0.05, 0.1) is 0 Å². The maximum Gasteiger partial charge on any atom is -0.0133 e. The van der Waals surface area contributed by atoms with Crippen molar-refractivity contribution in [1.29, 1.82) is 0 Å². The summed E-state index contributed by atoms with van der Waals surface area (Å²) in [5.74, 6) is 3.65. The smallest absolute Gasteiger partial charge is 0.0133 e. The first-order chi connectivity index (χ1) is 12.0. The molecule has 0 bridgehead atoms. The van der Waals surface area contributed by atoms with E-state index in [1.54, 1.807) is 10.9 Å². The Kier molecular flexibility index (Phi) is 6.65. The molecular formula is C24H39P. The molecule has 2 aliphatic carbocycles. The van der Waals surface area contributed by atoms with E-state index in [4.69, 9.17) is 0 Å². The van der Waals surface area contributed by atoms with E-state index in [2.05, 4.69) is 58.9 Å². The summed E-state index contributed by atoms with van der Waals surface area (Å²) < 4.78 is 0. The van der Waals surface area contributed by atoms with Crippen molar-refractivity contribution in [3.63, 3.8) is 0 Å². The molecule has 1 aromatic rings. The van der Waals surface area contributed by atoms with Crippen LogP contribution >= 0.6 is 7.92 Å². The van der Waals surface area contributed by atoms with Crippen molar-refractivity contribution in [2.45, 2.75) is 90.9 Å². The zero-order valence-electron chi connectivity index (χ0n) is 17.2. The van der Waals surface area contributed by atoms with Crippen LogP contribution in [0.1, 0.15) is 78.2 Å². The molecule has 25 heavy (non-hydrogen) atoms. The Balaban J connectivity index is 1.98. The van der Waals surface area contributed by atoms with E-state index in [0.717, 1.165) is 35.0 Å². The van der Waals surface area contributed by atoms with Crippen molar-refractivity contribution >= 4 is 13.2 Å². The Morgan fingerprint density at radius 3 is 2.32 bits per heavy atom. The molecule has 0 nitrogen and oxygen atoms in total. The van der Waals surface area contributed by atoms with E-state index in [0.29, 0.717) is 0 Å². The molecule has 0 radical (unpaired) electrons. The van der Waals surface area contributed by atoms with Crippen molar-refractivity contribution in [3.8, 4) is 0 Å². The van der Waals surface area contributed by atoms with E-state index >= 15 is 0 Å². The van der Waals surface area contributed by atoms with Crippen LogP contribution in [-0.4, -0.2) is 11.3 Å². The first-order valence-corrected chi connectivity index (χ1v) is 12.3. The number of hydrogen-bond donors (Lipinski definition) is 0. The van der Waals surface area contributed by atoms with Crippen molar-refractivity contribution in [2.24, 2.45) is 23.7 Å². The van der Waals surface area contributed by atoms with Gasteiger partial charge < -0.3 is 0 Å². The molecule has 0 spiro atoms. The van der Waals surface area contributed by atoms with Crippen LogP contribution in [0.25, 0.3) is 0 Å². The zero-order valence-corrected chi connectivity index (χ0v) is 18.1. The molecule has 4 unspecified atom stereocenters. The standard InChI is InChI=1S/C24H39P/c1-17(2)22-14-13-19(4)16-24(22)25(21-11-8-9-18(3)15-21)23-12-7-6-10-20(23)5/h6-7,10,12,17-19,21-22,24H,8-9,11,13-16H2,1-5H3/t18-,19-,21?,22?,24?,25?/m1/s1. The van der Waals surface area contributed by atoms with E-state index in [1.165, 1.54) is 44.9 Å². The molecule has 2 aliphatic rings. The molecular weight excluding hydrogens is 319 g/mol. The fourth-order valence-corrected chi connectivity index (χ4v) is 10.2. The molecule has 1 aromatic carbocycles. The summed E-state index contributed by atoms with van der Waals surface area (Å²) in [6.07, 6.45) is 10.3. The highest BCUT2D eigenvalue weighted by Gasteiger charge is 2.41. The predicted octanol–water partition coefficient (Wildman–Crippen LogP) is 7.14. The molecule has 0 amide bonds. The van der Waals surface area contributed by atoms with Gasteiger partial charge in [-0.25, -0.2) is 0 Å². The minimum atomic E-state index is -0.0379. The molecule has 140 valence electrons. The van der Waals surface area contributed by atoms with Crippen molar-refractivity contribution in [3.05, 3.63) is 29.8 Å². The van der Waals surface area contributed by atoms with Gasteiger partial charge in [0, 0.05) is 0 Å². The lowest BCUT2D eigenvalue weighted by Crippen LogP contribution is -2.37. The Morgan fingerprint density at radius 2 is 1.64 bits per heavy atom. The fourth-order valence-electron chi connectivity index (χ4n) is 5.63. The van der Waals surface area contributed by atoms with Gasteiger partial charge >= 0.3 is 0 Å². The SMILES string of the molecule is Cc1ccccc1P(C1CCC[C@@H](C)C1)C1C[C@H](C)CCC1C(C)C. The third kappa shape index (κ3) is 4.50. The first kappa shape index (κ1) is 19.4. The summed E-state index contributed by atoms with van der Waals surface area (Å²) in [5, 5.41) is 1.75. The lowest BCUT2D eigenvalue weighted by molar-refractivity contribution is 0.239. The maximum absolute atomic E-state index is 2.51. The van der Waals surface area contributed by atoms with Crippen LogP contribution < -0.4 is 5.30 Å². The quantitative estimate of drug-likeness (QED) is 0.502. The summed E-state index contributed by atoms with van der Waals surface area (Å²) in [7, 11) is -0.0379. The third-order valence-electron chi connectivity index (χ3n) is 7.04.